The van der Waals surface area contributed by atoms with E-state index in [0.29, 0.717) is 5.41 Å². The molecule has 1 N–H and O–H groups in total. The second-order valence-electron chi connectivity index (χ2n) is 7.82. The highest BCUT2D eigenvalue weighted by molar-refractivity contribution is 5.13. The average molecular weight is 234 g/mol. The third-order valence-corrected chi connectivity index (χ3v) is 5.52. The van der Waals surface area contributed by atoms with Crippen molar-refractivity contribution in [1.82, 2.24) is 0 Å². The number of hydrogen-bond acceptors (Lipinski definition) is 1. The zero-order valence-corrected chi connectivity index (χ0v) is 11.5. The van der Waals surface area contributed by atoms with Crippen LogP contribution in [0.1, 0.15) is 59.3 Å². The van der Waals surface area contributed by atoms with Gasteiger partial charge >= 0.3 is 0 Å². The van der Waals surface area contributed by atoms with Gasteiger partial charge in [-0.05, 0) is 69.6 Å². The van der Waals surface area contributed by atoms with Crippen LogP contribution in [0.5, 0.6) is 0 Å². The van der Waals surface area contributed by atoms with Gasteiger partial charge in [0, 0.05) is 5.41 Å². The quantitative estimate of drug-likeness (QED) is 0.718. The minimum atomic E-state index is -0.197. The van der Waals surface area contributed by atoms with Crippen LogP contribution in [0, 0.1) is 22.7 Å². The predicted molar refractivity (Wildman–Crippen MR) is 70.7 cm³/mol. The summed E-state index contributed by atoms with van der Waals surface area (Å²) in [6, 6.07) is 0. The van der Waals surface area contributed by atoms with Crippen molar-refractivity contribution in [1.29, 1.82) is 0 Å². The highest BCUT2D eigenvalue weighted by Crippen LogP contribution is 2.66. The number of hydrogen-bond donors (Lipinski definition) is 1. The molecule has 0 saturated heterocycles. The summed E-state index contributed by atoms with van der Waals surface area (Å²) in [6.07, 6.45) is 10.0. The second-order valence-corrected chi connectivity index (χ2v) is 7.82. The Bertz CT molecular complexity index is 337. The van der Waals surface area contributed by atoms with E-state index >= 15 is 0 Å². The topological polar surface area (TPSA) is 20.2 Å². The molecule has 17 heavy (non-hydrogen) atoms. The van der Waals surface area contributed by atoms with E-state index in [-0.39, 0.29) is 11.5 Å². The molecule has 0 aromatic heterocycles. The molecule has 0 radical (unpaired) electrons. The van der Waals surface area contributed by atoms with Gasteiger partial charge in [-0.2, -0.15) is 0 Å². The van der Waals surface area contributed by atoms with Crippen molar-refractivity contribution in [3.63, 3.8) is 0 Å². The van der Waals surface area contributed by atoms with E-state index in [0.717, 1.165) is 11.8 Å². The van der Waals surface area contributed by atoms with Crippen LogP contribution in [0.25, 0.3) is 0 Å². The molecule has 0 heterocycles. The van der Waals surface area contributed by atoms with Crippen LogP contribution in [0.4, 0.5) is 0 Å². The van der Waals surface area contributed by atoms with Crippen molar-refractivity contribution in [3.8, 4) is 0 Å². The molecule has 4 aliphatic rings. The van der Waals surface area contributed by atoms with Gasteiger partial charge in [0.1, 0.15) is 0 Å². The molecule has 3 unspecified atom stereocenters. The summed E-state index contributed by atoms with van der Waals surface area (Å²) in [4.78, 5) is 0. The molecule has 0 amide bonds. The molecule has 0 spiro atoms. The minimum Gasteiger partial charge on any atom is -0.388 e. The summed E-state index contributed by atoms with van der Waals surface area (Å²) in [5.74, 6) is 1.81. The van der Waals surface area contributed by atoms with Gasteiger partial charge < -0.3 is 5.11 Å². The SMILES string of the molecule is CC(C)=CC(O)C12CC3CC(CC(C)(C3)C1)C2. The predicted octanol–water partition coefficient (Wildman–Crippen LogP) is 3.92. The van der Waals surface area contributed by atoms with Crippen molar-refractivity contribution >= 4 is 0 Å². The highest BCUT2D eigenvalue weighted by Gasteiger charge is 2.57. The van der Waals surface area contributed by atoms with Gasteiger partial charge in [-0.15, -0.1) is 0 Å². The first-order valence-electron chi connectivity index (χ1n) is 7.24. The number of allylic oxidation sites excluding steroid dienone is 1. The zero-order chi connectivity index (χ0) is 12.3. The maximum Gasteiger partial charge on any atom is 0.0779 e. The third kappa shape index (κ3) is 1.87. The number of aliphatic hydroxyl groups is 1. The van der Waals surface area contributed by atoms with Gasteiger partial charge in [0.05, 0.1) is 6.10 Å². The summed E-state index contributed by atoms with van der Waals surface area (Å²) >= 11 is 0. The fourth-order valence-electron chi connectivity index (χ4n) is 5.64. The Labute approximate surface area is 105 Å². The molecule has 0 aromatic carbocycles. The van der Waals surface area contributed by atoms with Crippen LogP contribution in [-0.2, 0) is 0 Å². The van der Waals surface area contributed by atoms with Gasteiger partial charge in [-0.3, -0.25) is 0 Å². The van der Waals surface area contributed by atoms with E-state index in [1.54, 1.807) is 0 Å². The molecule has 4 rings (SSSR count). The summed E-state index contributed by atoms with van der Waals surface area (Å²) < 4.78 is 0. The number of rotatable bonds is 2. The number of aliphatic hydroxyl groups excluding tert-OH is 1. The van der Waals surface area contributed by atoms with Gasteiger partial charge in [0.15, 0.2) is 0 Å². The van der Waals surface area contributed by atoms with Crippen LogP contribution in [0.3, 0.4) is 0 Å². The first-order chi connectivity index (χ1) is 7.91. The van der Waals surface area contributed by atoms with Crippen LogP contribution < -0.4 is 0 Å². The van der Waals surface area contributed by atoms with E-state index in [1.807, 2.05) is 0 Å². The van der Waals surface area contributed by atoms with Crippen molar-refractivity contribution in [2.24, 2.45) is 22.7 Å². The van der Waals surface area contributed by atoms with Crippen molar-refractivity contribution in [2.75, 3.05) is 0 Å². The Morgan fingerprint density at radius 3 is 2.24 bits per heavy atom. The smallest absolute Gasteiger partial charge is 0.0779 e. The van der Waals surface area contributed by atoms with Crippen LogP contribution in [0.2, 0.25) is 0 Å². The molecule has 0 aliphatic heterocycles. The average Bonchev–Trinajstić information content (AvgIpc) is 2.11. The first-order valence-corrected chi connectivity index (χ1v) is 7.24. The molecule has 0 aromatic rings. The lowest BCUT2D eigenvalue weighted by atomic mass is 9.43. The molecule has 4 aliphatic carbocycles. The van der Waals surface area contributed by atoms with E-state index in [9.17, 15) is 5.11 Å². The van der Waals surface area contributed by atoms with Gasteiger partial charge in [-0.25, -0.2) is 0 Å². The molecular formula is C16H26O. The summed E-state index contributed by atoms with van der Waals surface area (Å²) in [7, 11) is 0. The lowest BCUT2D eigenvalue weighted by Crippen LogP contribution is -2.54. The Morgan fingerprint density at radius 2 is 1.76 bits per heavy atom. The monoisotopic (exact) mass is 234 g/mol. The zero-order valence-electron chi connectivity index (χ0n) is 11.5. The Balaban J connectivity index is 1.90. The molecule has 3 atom stereocenters. The molecule has 1 nitrogen and oxygen atoms in total. The molecular weight excluding hydrogens is 208 g/mol. The molecule has 1 heteroatoms. The largest absolute Gasteiger partial charge is 0.388 e. The fraction of sp³-hybridized carbons (Fsp3) is 0.875. The van der Waals surface area contributed by atoms with E-state index < -0.39 is 0 Å². The second kappa shape index (κ2) is 3.60. The van der Waals surface area contributed by atoms with E-state index in [1.165, 1.54) is 44.1 Å². The lowest BCUT2D eigenvalue weighted by molar-refractivity contribution is -0.141. The summed E-state index contributed by atoms with van der Waals surface area (Å²) in [5.41, 5.74) is 2.04. The van der Waals surface area contributed by atoms with E-state index in [2.05, 4.69) is 26.8 Å². The normalized spacial score (nSPS) is 49.2. The minimum absolute atomic E-state index is 0.197. The molecule has 96 valence electrons. The van der Waals surface area contributed by atoms with Crippen molar-refractivity contribution in [2.45, 2.75) is 65.4 Å². The molecule has 4 bridgehead atoms. The Morgan fingerprint density at radius 1 is 1.18 bits per heavy atom. The van der Waals surface area contributed by atoms with Crippen LogP contribution in [-0.4, -0.2) is 11.2 Å². The van der Waals surface area contributed by atoms with Crippen molar-refractivity contribution < 1.29 is 5.11 Å². The standard InChI is InChI=1S/C16H26O/c1-11(2)4-14(17)16-8-12-5-13(9-16)7-15(3,6-12)10-16/h4,12-14,17H,5-10H2,1-3H3. The van der Waals surface area contributed by atoms with E-state index in [4.69, 9.17) is 0 Å². The van der Waals surface area contributed by atoms with Crippen LogP contribution >= 0.6 is 0 Å². The Kier molecular flexibility index (Phi) is 2.49. The molecule has 4 fully saturated rings. The third-order valence-electron chi connectivity index (χ3n) is 5.52. The fourth-order valence-corrected chi connectivity index (χ4v) is 5.64. The van der Waals surface area contributed by atoms with Gasteiger partial charge in [0.2, 0.25) is 0 Å². The van der Waals surface area contributed by atoms with Crippen molar-refractivity contribution in [3.05, 3.63) is 11.6 Å². The first kappa shape index (κ1) is 11.8. The van der Waals surface area contributed by atoms with Gasteiger partial charge in [-0.1, -0.05) is 18.6 Å². The highest BCUT2D eigenvalue weighted by atomic mass is 16.3. The lowest BCUT2D eigenvalue weighted by Gasteiger charge is -2.62. The maximum atomic E-state index is 10.6. The Hall–Kier alpha value is -0.300. The molecule has 4 saturated carbocycles. The van der Waals surface area contributed by atoms with Gasteiger partial charge in [0.25, 0.3) is 0 Å². The van der Waals surface area contributed by atoms with Crippen LogP contribution in [0.15, 0.2) is 11.6 Å². The summed E-state index contributed by atoms with van der Waals surface area (Å²) in [5, 5.41) is 10.6. The summed E-state index contributed by atoms with van der Waals surface area (Å²) in [6.45, 7) is 6.67. The maximum absolute atomic E-state index is 10.6.